The van der Waals surface area contributed by atoms with Crippen LogP contribution in [0.1, 0.15) is 30.0 Å². The van der Waals surface area contributed by atoms with Gasteiger partial charge >= 0.3 is 18.2 Å². The van der Waals surface area contributed by atoms with Crippen LogP contribution in [-0.4, -0.2) is 54.5 Å². The van der Waals surface area contributed by atoms with Crippen molar-refractivity contribution in [1.29, 1.82) is 0 Å². The van der Waals surface area contributed by atoms with Gasteiger partial charge < -0.3 is 24.2 Å². The van der Waals surface area contributed by atoms with Crippen molar-refractivity contribution in [3.63, 3.8) is 0 Å². The van der Waals surface area contributed by atoms with Crippen LogP contribution in [0.2, 0.25) is 0 Å². The molecule has 0 heterocycles. The summed E-state index contributed by atoms with van der Waals surface area (Å²) < 4.78 is 68.6. The highest BCUT2D eigenvalue weighted by atomic mass is 19.4. The second-order valence-electron chi connectivity index (χ2n) is 9.09. The summed E-state index contributed by atoms with van der Waals surface area (Å²) >= 11 is 0. The summed E-state index contributed by atoms with van der Waals surface area (Å²) in [5.41, 5.74) is 0.669. The fourth-order valence-corrected chi connectivity index (χ4v) is 3.95. The Balaban J connectivity index is 1.61. The van der Waals surface area contributed by atoms with Crippen molar-refractivity contribution >= 4 is 12.1 Å². The molecule has 3 aromatic carbocycles. The van der Waals surface area contributed by atoms with Gasteiger partial charge in [0.2, 0.25) is 0 Å². The Hall–Kier alpha value is -4.12. The molecule has 1 unspecified atom stereocenters. The largest absolute Gasteiger partial charge is 0.492 e. The van der Waals surface area contributed by atoms with Gasteiger partial charge in [-0.2, -0.15) is 13.2 Å². The van der Waals surface area contributed by atoms with E-state index in [9.17, 15) is 32.3 Å². The van der Waals surface area contributed by atoms with Gasteiger partial charge in [-0.15, -0.1) is 0 Å². The van der Waals surface area contributed by atoms with Gasteiger partial charge in [-0.1, -0.05) is 30.3 Å². The molecule has 1 amide bonds. The van der Waals surface area contributed by atoms with Crippen LogP contribution in [0.5, 0.6) is 11.5 Å². The molecular formula is C30H31F4NO6. The lowest BCUT2D eigenvalue weighted by Gasteiger charge is -2.22. The number of halogens is 4. The lowest BCUT2D eigenvalue weighted by molar-refractivity contribution is -0.150. The molecule has 0 radical (unpaired) electrons. The predicted octanol–water partition coefficient (Wildman–Crippen LogP) is 6.39. The fourth-order valence-electron chi connectivity index (χ4n) is 3.95. The molecule has 0 aromatic heterocycles. The summed E-state index contributed by atoms with van der Waals surface area (Å²) in [5.74, 6) is -1.17. The average molecular weight is 578 g/mol. The number of carboxylic acid groups (broad SMARTS) is 1. The molecule has 0 saturated heterocycles. The Morgan fingerprint density at radius 3 is 2.24 bits per heavy atom. The highest BCUT2D eigenvalue weighted by Crippen LogP contribution is 2.31. The molecule has 0 spiro atoms. The summed E-state index contributed by atoms with van der Waals surface area (Å²) in [7, 11) is 0. The van der Waals surface area contributed by atoms with E-state index in [1.54, 1.807) is 43.3 Å². The summed E-state index contributed by atoms with van der Waals surface area (Å²) in [6.45, 7) is 2.34. The molecule has 3 aromatic rings. The number of nitrogens with zero attached hydrogens (tertiary/aromatic N) is 1. The van der Waals surface area contributed by atoms with Crippen LogP contribution in [0.4, 0.5) is 22.4 Å². The molecule has 1 atom stereocenters. The minimum absolute atomic E-state index is 0.0598. The summed E-state index contributed by atoms with van der Waals surface area (Å²) in [4.78, 5) is 25.6. The maximum absolute atomic E-state index is 13.2. The molecule has 0 fully saturated rings. The molecule has 0 aliphatic heterocycles. The number of ether oxygens (including phenoxy) is 3. The number of carboxylic acids is 1. The van der Waals surface area contributed by atoms with Crippen molar-refractivity contribution in [2.75, 3.05) is 26.3 Å². The van der Waals surface area contributed by atoms with Crippen LogP contribution in [0, 0.1) is 5.82 Å². The number of aliphatic carboxylic acids is 1. The van der Waals surface area contributed by atoms with Crippen LogP contribution in [0.15, 0.2) is 72.8 Å². The molecular weight excluding hydrogens is 546 g/mol. The SMILES string of the molecule is CCOC(Cc1ccc(OCCN(CCCc2ccc(F)cc2)C(=O)Oc2cccc(C(F)(F)F)c2)cc1)C(=O)O. The van der Waals surface area contributed by atoms with Crippen LogP contribution >= 0.6 is 0 Å². The Morgan fingerprint density at radius 2 is 1.61 bits per heavy atom. The first-order valence-corrected chi connectivity index (χ1v) is 13.0. The zero-order valence-electron chi connectivity index (χ0n) is 22.4. The molecule has 0 aliphatic rings. The first kappa shape index (κ1) is 31.4. The molecule has 0 bridgehead atoms. The van der Waals surface area contributed by atoms with E-state index < -0.39 is 29.9 Å². The first-order chi connectivity index (χ1) is 19.5. The van der Waals surface area contributed by atoms with Crippen LogP contribution < -0.4 is 9.47 Å². The maximum atomic E-state index is 13.2. The van der Waals surface area contributed by atoms with Crippen molar-refractivity contribution in [2.24, 2.45) is 0 Å². The number of aryl methyl sites for hydroxylation is 1. The van der Waals surface area contributed by atoms with Crippen LogP contribution in [0.3, 0.4) is 0 Å². The molecule has 41 heavy (non-hydrogen) atoms. The Kier molecular flexibility index (Phi) is 11.5. The smallest absolute Gasteiger partial charge is 0.416 e. The molecule has 7 nitrogen and oxygen atoms in total. The highest BCUT2D eigenvalue weighted by Gasteiger charge is 2.31. The van der Waals surface area contributed by atoms with Gasteiger partial charge in [0.05, 0.1) is 12.1 Å². The van der Waals surface area contributed by atoms with E-state index in [1.165, 1.54) is 23.1 Å². The van der Waals surface area contributed by atoms with E-state index in [0.29, 0.717) is 18.6 Å². The zero-order valence-corrected chi connectivity index (χ0v) is 22.4. The van der Waals surface area contributed by atoms with E-state index in [2.05, 4.69) is 0 Å². The lowest BCUT2D eigenvalue weighted by atomic mass is 10.1. The van der Waals surface area contributed by atoms with E-state index >= 15 is 0 Å². The molecule has 11 heteroatoms. The Morgan fingerprint density at radius 1 is 0.927 bits per heavy atom. The lowest BCUT2D eigenvalue weighted by Crippen LogP contribution is -2.37. The van der Waals surface area contributed by atoms with E-state index in [1.807, 2.05) is 0 Å². The average Bonchev–Trinajstić information content (AvgIpc) is 2.93. The predicted molar refractivity (Wildman–Crippen MR) is 142 cm³/mol. The van der Waals surface area contributed by atoms with Gasteiger partial charge in [0.15, 0.2) is 6.10 Å². The number of hydrogen-bond acceptors (Lipinski definition) is 5. The quantitative estimate of drug-likeness (QED) is 0.224. The van der Waals surface area contributed by atoms with Gasteiger partial charge in [0, 0.05) is 19.6 Å². The van der Waals surface area contributed by atoms with E-state index in [4.69, 9.17) is 14.2 Å². The van der Waals surface area contributed by atoms with Crippen molar-refractivity contribution in [2.45, 2.75) is 38.5 Å². The van der Waals surface area contributed by atoms with Crippen molar-refractivity contribution in [1.82, 2.24) is 4.90 Å². The summed E-state index contributed by atoms with van der Waals surface area (Å²) in [6, 6.07) is 16.8. The van der Waals surface area contributed by atoms with Gasteiger partial charge in [-0.05, 0) is 73.4 Å². The topological polar surface area (TPSA) is 85.3 Å². The number of rotatable bonds is 14. The number of alkyl halides is 3. The molecule has 3 rings (SSSR count). The maximum Gasteiger partial charge on any atom is 0.416 e. The van der Waals surface area contributed by atoms with Crippen molar-refractivity contribution in [3.8, 4) is 11.5 Å². The number of carbonyl (C=O) groups excluding carboxylic acids is 1. The van der Waals surface area contributed by atoms with E-state index in [-0.39, 0.29) is 44.3 Å². The normalized spacial score (nSPS) is 12.0. The van der Waals surface area contributed by atoms with E-state index in [0.717, 1.165) is 29.3 Å². The van der Waals surface area contributed by atoms with Crippen molar-refractivity contribution in [3.05, 3.63) is 95.3 Å². The minimum Gasteiger partial charge on any atom is -0.492 e. The third-order valence-electron chi connectivity index (χ3n) is 6.05. The molecule has 0 aliphatic carbocycles. The second kappa shape index (κ2) is 15.0. The van der Waals surface area contributed by atoms with Crippen LogP contribution in [0.25, 0.3) is 0 Å². The molecule has 0 saturated carbocycles. The minimum atomic E-state index is -4.59. The molecule has 220 valence electrons. The van der Waals surface area contributed by atoms with Gasteiger partial charge in [-0.25, -0.2) is 14.0 Å². The number of benzene rings is 3. The van der Waals surface area contributed by atoms with Gasteiger partial charge in [-0.3, -0.25) is 0 Å². The van der Waals surface area contributed by atoms with Crippen LogP contribution in [-0.2, 0) is 28.5 Å². The Bertz CT molecular complexity index is 1270. The number of carbonyl (C=O) groups is 2. The molecule has 1 N–H and O–H groups in total. The second-order valence-corrected chi connectivity index (χ2v) is 9.09. The summed E-state index contributed by atoms with van der Waals surface area (Å²) in [5, 5.41) is 9.26. The third-order valence-corrected chi connectivity index (χ3v) is 6.05. The highest BCUT2D eigenvalue weighted by molar-refractivity contribution is 5.72. The van der Waals surface area contributed by atoms with Gasteiger partial charge in [0.1, 0.15) is 23.9 Å². The fraction of sp³-hybridized carbons (Fsp3) is 0.333. The number of amides is 1. The van der Waals surface area contributed by atoms with Gasteiger partial charge in [0.25, 0.3) is 0 Å². The monoisotopic (exact) mass is 577 g/mol. The third kappa shape index (κ3) is 10.4. The summed E-state index contributed by atoms with van der Waals surface area (Å²) in [6.07, 6.45) is -5.17. The Labute approximate surface area is 235 Å². The zero-order chi connectivity index (χ0) is 29.8. The van der Waals surface area contributed by atoms with Crippen molar-refractivity contribution < 1.29 is 46.5 Å². The standard InChI is InChI=1S/C30H31F4NO6/c1-2-39-27(28(36)37)19-22-10-14-25(15-11-22)40-18-17-35(16-4-5-21-8-12-24(31)13-9-21)29(38)41-26-7-3-6-23(20-26)30(32,33)34/h3,6-15,20,27H,2,4-5,16-19H2,1H3,(H,36,37). The number of hydrogen-bond donors (Lipinski definition) is 1. The first-order valence-electron chi connectivity index (χ1n) is 13.0.